The molecule has 0 aromatic heterocycles. The van der Waals surface area contributed by atoms with E-state index in [0.717, 1.165) is 0 Å². The van der Waals surface area contributed by atoms with E-state index in [4.69, 9.17) is 26.2 Å². The number of benzene rings is 2. The Morgan fingerprint density at radius 1 is 1.28 bits per heavy atom. The smallest absolute Gasteiger partial charge is 0.335 e. The summed E-state index contributed by atoms with van der Waals surface area (Å²) >= 11 is 6.22. The van der Waals surface area contributed by atoms with Crippen molar-refractivity contribution in [3.05, 3.63) is 58.1 Å². The van der Waals surface area contributed by atoms with Crippen molar-refractivity contribution in [2.75, 3.05) is 13.7 Å². The Balaban J connectivity index is 2.45. The molecule has 2 aromatic rings. The third kappa shape index (κ3) is 4.31. The highest BCUT2D eigenvalue weighted by Crippen LogP contribution is 2.37. The number of rotatable bonds is 6. The maximum atomic E-state index is 10.9. The summed E-state index contributed by atoms with van der Waals surface area (Å²) in [4.78, 5) is 10.9. The fourth-order valence-corrected chi connectivity index (χ4v) is 2.57. The molecule has 0 radical (unpaired) electrons. The van der Waals surface area contributed by atoms with Crippen molar-refractivity contribution >= 4 is 29.2 Å². The van der Waals surface area contributed by atoms with Crippen LogP contribution in [0.15, 0.2) is 36.4 Å². The monoisotopic (exact) mass is 357 g/mol. The number of nitriles is 1. The summed E-state index contributed by atoms with van der Waals surface area (Å²) in [5.41, 5.74) is 1.82. The minimum atomic E-state index is -1.02. The number of carboxylic acid groups (broad SMARTS) is 1. The van der Waals surface area contributed by atoms with E-state index in [1.54, 1.807) is 30.3 Å². The molecule has 0 saturated heterocycles. The first kappa shape index (κ1) is 18.4. The van der Waals surface area contributed by atoms with E-state index < -0.39 is 5.97 Å². The normalized spacial score (nSPS) is 10.9. The summed E-state index contributed by atoms with van der Waals surface area (Å²) in [6, 6.07) is 11.6. The van der Waals surface area contributed by atoms with E-state index >= 15 is 0 Å². The van der Waals surface area contributed by atoms with Crippen LogP contribution in [-0.4, -0.2) is 24.8 Å². The average Bonchev–Trinajstić information content (AvgIpc) is 2.60. The highest BCUT2D eigenvalue weighted by molar-refractivity contribution is 6.32. The first-order chi connectivity index (χ1) is 12.0. The first-order valence-corrected chi connectivity index (χ1v) is 7.83. The van der Waals surface area contributed by atoms with Crippen LogP contribution in [0.1, 0.15) is 28.4 Å². The average molecular weight is 358 g/mol. The molecule has 0 fully saturated rings. The minimum absolute atomic E-state index is 0.159. The van der Waals surface area contributed by atoms with Crippen molar-refractivity contribution < 1.29 is 19.4 Å². The van der Waals surface area contributed by atoms with Gasteiger partial charge in [0.15, 0.2) is 11.5 Å². The predicted molar refractivity (Wildman–Crippen MR) is 96.1 cm³/mol. The predicted octanol–water partition coefficient (Wildman–Crippen LogP) is 4.51. The summed E-state index contributed by atoms with van der Waals surface area (Å²) in [6.07, 6.45) is 1.66. The number of ether oxygens (including phenoxy) is 2. The zero-order valence-corrected chi connectivity index (χ0v) is 14.5. The second-order valence-electron chi connectivity index (χ2n) is 5.02. The number of methoxy groups -OCH3 is 1. The Hall–Kier alpha value is -2.97. The van der Waals surface area contributed by atoms with Gasteiger partial charge in [0.2, 0.25) is 0 Å². The van der Waals surface area contributed by atoms with E-state index in [9.17, 15) is 10.1 Å². The maximum Gasteiger partial charge on any atom is 0.335 e. The second-order valence-corrected chi connectivity index (χ2v) is 5.43. The van der Waals surface area contributed by atoms with Crippen molar-refractivity contribution in [2.24, 2.45) is 0 Å². The Morgan fingerprint density at radius 3 is 2.44 bits per heavy atom. The van der Waals surface area contributed by atoms with Crippen LogP contribution in [0.25, 0.3) is 11.6 Å². The highest BCUT2D eigenvalue weighted by atomic mass is 35.5. The van der Waals surface area contributed by atoms with Gasteiger partial charge in [0.25, 0.3) is 0 Å². The molecule has 0 aliphatic carbocycles. The van der Waals surface area contributed by atoms with Gasteiger partial charge in [-0.3, -0.25) is 0 Å². The van der Waals surface area contributed by atoms with E-state index in [1.807, 2.05) is 6.92 Å². The number of nitrogens with zero attached hydrogens (tertiary/aromatic N) is 1. The van der Waals surface area contributed by atoms with Gasteiger partial charge in [-0.1, -0.05) is 23.7 Å². The molecule has 2 aromatic carbocycles. The molecule has 1 N–H and O–H groups in total. The van der Waals surface area contributed by atoms with Gasteiger partial charge < -0.3 is 14.6 Å². The summed E-state index contributed by atoms with van der Waals surface area (Å²) in [7, 11) is 1.50. The molecule has 0 aliphatic rings. The molecule has 0 aliphatic heterocycles. The highest BCUT2D eigenvalue weighted by Gasteiger charge is 2.12. The quantitative estimate of drug-likeness (QED) is 0.607. The third-order valence-corrected chi connectivity index (χ3v) is 3.69. The number of hydrogen-bond acceptors (Lipinski definition) is 4. The van der Waals surface area contributed by atoms with Crippen LogP contribution in [0, 0.1) is 11.3 Å². The maximum absolute atomic E-state index is 10.9. The van der Waals surface area contributed by atoms with Crippen molar-refractivity contribution in [3.8, 4) is 17.6 Å². The van der Waals surface area contributed by atoms with Gasteiger partial charge in [-0.15, -0.1) is 0 Å². The van der Waals surface area contributed by atoms with E-state index in [1.165, 1.54) is 19.2 Å². The van der Waals surface area contributed by atoms with Gasteiger partial charge in [0.05, 0.1) is 35.9 Å². The molecule has 6 heteroatoms. The van der Waals surface area contributed by atoms with Crippen molar-refractivity contribution in [2.45, 2.75) is 6.92 Å². The van der Waals surface area contributed by atoms with Gasteiger partial charge in [0, 0.05) is 0 Å². The molecule has 128 valence electrons. The van der Waals surface area contributed by atoms with Gasteiger partial charge in [-0.2, -0.15) is 5.26 Å². The molecule has 0 saturated carbocycles. The van der Waals surface area contributed by atoms with Gasteiger partial charge >= 0.3 is 5.97 Å². The number of carboxylic acids is 1. The van der Waals surface area contributed by atoms with Crippen LogP contribution < -0.4 is 9.47 Å². The zero-order chi connectivity index (χ0) is 18.4. The summed E-state index contributed by atoms with van der Waals surface area (Å²) in [5, 5.41) is 18.8. The lowest BCUT2D eigenvalue weighted by atomic mass is 10.0. The topological polar surface area (TPSA) is 79.5 Å². The Bertz CT molecular complexity index is 851. The number of hydrogen-bond donors (Lipinski definition) is 1. The summed E-state index contributed by atoms with van der Waals surface area (Å²) < 4.78 is 10.8. The number of halogens is 1. The SMILES string of the molecule is CCOc1cc(/C=C(/C#N)c2ccc(C(=O)O)cc2)cc(Cl)c1OC. The fraction of sp³-hybridized carbons (Fsp3) is 0.158. The number of carbonyl (C=O) groups is 1. The number of allylic oxidation sites excluding steroid dienone is 1. The summed E-state index contributed by atoms with van der Waals surface area (Å²) in [6.45, 7) is 2.29. The summed E-state index contributed by atoms with van der Waals surface area (Å²) in [5.74, 6) is -0.0930. The van der Waals surface area contributed by atoms with Crippen LogP contribution in [0.5, 0.6) is 11.5 Å². The first-order valence-electron chi connectivity index (χ1n) is 7.46. The lowest BCUT2D eigenvalue weighted by Gasteiger charge is -2.12. The van der Waals surface area contributed by atoms with Crippen LogP contribution in [-0.2, 0) is 0 Å². The third-order valence-electron chi connectivity index (χ3n) is 3.41. The molecule has 0 amide bonds. The molecule has 0 bridgehead atoms. The van der Waals surface area contributed by atoms with E-state index in [2.05, 4.69) is 6.07 Å². The molecule has 0 atom stereocenters. The molecule has 5 nitrogen and oxygen atoms in total. The second kappa shape index (κ2) is 8.22. The fourth-order valence-electron chi connectivity index (χ4n) is 2.27. The molecule has 0 spiro atoms. The van der Waals surface area contributed by atoms with E-state index in [-0.39, 0.29) is 5.56 Å². The zero-order valence-electron chi connectivity index (χ0n) is 13.7. The molecule has 2 rings (SSSR count). The molecular weight excluding hydrogens is 342 g/mol. The Morgan fingerprint density at radius 2 is 1.92 bits per heavy atom. The van der Waals surface area contributed by atoms with E-state index in [0.29, 0.717) is 39.8 Å². The number of aromatic carboxylic acids is 1. The van der Waals surface area contributed by atoms with Crippen molar-refractivity contribution in [1.29, 1.82) is 5.26 Å². The Kier molecular flexibility index (Phi) is 6.04. The van der Waals surface area contributed by atoms with Gasteiger partial charge in [-0.05, 0) is 48.4 Å². The Labute approximate surface area is 150 Å². The van der Waals surface area contributed by atoms with Crippen LogP contribution >= 0.6 is 11.6 Å². The molecule has 0 unspecified atom stereocenters. The molecular formula is C19H16ClNO4. The lowest BCUT2D eigenvalue weighted by molar-refractivity contribution is 0.0697. The molecule has 25 heavy (non-hydrogen) atoms. The van der Waals surface area contributed by atoms with Gasteiger partial charge in [-0.25, -0.2) is 4.79 Å². The minimum Gasteiger partial charge on any atom is -0.491 e. The molecule has 0 heterocycles. The van der Waals surface area contributed by atoms with Crippen LogP contribution in [0.4, 0.5) is 0 Å². The standard InChI is InChI=1S/C19H16ClNO4/c1-3-25-17-10-12(9-16(20)18(17)24-2)8-15(11-21)13-4-6-14(7-5-13)19(22)23/h4-10H,3H2,1-2H3,(H,22,23)/b15-8-. The lowest BCUT2D eigenvalue weighted by Crippen LogP contribution is -1.97. The van der Waals surface area contributed by atoms with Crippen molar-refractivity contribution in [1.82, 2.24) is 0 Å². The van der Waals surface area contributed by atoms with Crippen LogP contribution in [0.2, 0.25) is 5.02 Å². The van der Waals surface area contributed by atoms with Gasteiger partial charge in [0.1, 0.15) is 0 Å². The van der Waals surface area contributed by atoms with Crippen LogP contribution in [0.3, 0.4) is 0 Å². The van der Waals surface area contributed by atoms with Crippen molar-refractivity contribution in [3.63, 3.8) is 0 Å². The largest absolute Gasteiger partial charge is 0.491 e.